The van der Waals surface area contributed by atoms with Gasteiger partial charge in [-0.25, -0.2) is 0 Å². The molecular formula is C35H54N2O3. The molecule has 3 aliphatic rings. The summed E-state index contributed by atoms with van der Waals surface area (Å²) in [5.74, 6) is 1.11. The zero-order chi connectivity index (χ0) is 29.8. The first-order valence-electron chi connectivity index (χ1n) is 15.5. The van der Waals surface area contributed by atoms with Crippen LogP contribution in [0.5, 0.6) is 0 Å². The summed E-state index contributed by atoms with van der Waals surface area (Å²) < 4.78 is 0. The van der Waals surface area contributed by atoms with Crippen LogP contribution in [-0.4, -0.2) is 46.4 Å². The molecule has 0 amide bonds. The molecule has 0 unspecified atom stereocenters. The minimum absolute atomic E-state index is 0.107. The van der Waals surface area contributed by atoms with Gasteiger partial charge in [0.1, 0.15) is 11.3 Å². The molecule has 0 saturated carbocycles. The molecule has 0 spiro atoms. The highest BCUT2D eigenvalue weighted by Crippen LogP contribution is 2.46. The minimum atomic E-state index is -0.261. The third kappa shape index (κ3) is 8.02. The number of allylic oxidation sites excluding steroid dienone is 1. The zero-order valence-electron chi connectivity index (χ0n) is 25.9. The van der Waals surface area contributed by atoms with Gasteiger partial charge in [-0.3, -0.25) is 14.4 Å². The van der Waals surface area contributed by atoms with Crippen molar-refractivity contribution in [2.45, 2.75) is 123 Å². The van der Waals surface area contributed by atoms with Gasteiger partial charge in [-0.2, -0.15) is 0 Å². The van der Waals surface area contributed by atoms with Crippen molar-refractivity contribution in [2.24, 2.45) is 5.41 Å². The average molecular weight is 551 g/mol. The van der Waals surface area contributed by atoms with Crippen molar-refractivity contribution in [3.63, 3.8) is 0 Å². The topological polar surface area (TPSA) is 66.5 Å². The molecule has 222 valence electrons. The van der Waals surface area contributed by atoms with Crippen molar-refractivity contribution in [3.8, 4) is 0 Å². The molecule has 3 atom stereocenters. The maximum absolute atomic E-state index is 11.8. The quantitative estimate of drug-likeness (QED) is 0.308. The van der Waals surface area contributed by atoms with Crippen LogP contribution in [0.15, 0.2) is 55.3 Å². The van der Waals surface area contributed by atoms with E-state index in [0.717, 1.165) is 90.1 Å². The van der Waals surface area contributed by atoms with Crippen LogP contribution < -0.4 is 5.32 Å². The number of carbonyl (C=O) groups is 3. The lowest BCUT2D eigenvalue weighted by Crippen LogP contribution is -2.65. The molecule has 1 aromatic rings. The number of hydrogen-bond acceptors (Lipinski definition) is 5. The van der Waals surface area contributed by atoms with Crippen LogP contribution in [-0.2, 0) is 20.8 Å². The van der Waals surface area contributed by atoms with Crippen LogP contribution in [0, 0.1) is 5.41 Å². The first-order valence-corrected chi connectivity index (χ1v) is 15.5. The summed E-state index contributed by atoms with van der Waals surface area (Å²) >= 11 is 0. The fourth-order valence-corrected chi connectivity index (χ4v) is 6.60. The molecule has 0 aromatic heterocycles. The van der Waals surface area contributed by atoms with E-state index in [0.29, 0.717) is 11.6 Å². The smallest absolute Gasteiger partial charge is 0.158 e. The Hall–Kier alpha value is -2.53. The molecule has 1 N–H and O–H groups in total. The highest BCUT2D eigenvalue weighted by molar-refractivity contribution is 5.91. The predicted molar refractivity (Wildman–Crippen MR) is 166 cm³/mol. The van der Waals surface area contributed by atoms with Gasteiger partial charge in [0.05, 0.1) is 5.54 Å². The molecule has 0 bridgehead atoms. The summed E-state index contributed by atoms with van der Waals surface area (Å²) in [7, 11) is 0. The standard InChI is InChI=1S/C15H20O.C11H17NO.C9H17NO/c1-4-11-15(5-2,13(3)16)12-14-9-7-6-8-10-14;1-3-6-11-8-9(2)12(11)7-4-5-10(11)13;1-3-6-9(2)8(11)5-4-7-10-9/h4,6-10H,1,5,11-12H2,2-3H3;2-8H2,1H3;10H,3-7H2,1-2H3/t15-;11-;9-/m010/s1. The summed E-state index contributed by atoms with van der Waals surface area (Å²) in [6.07, 6.45) is 13.0. The van der Waals surface area contributed by atoms with Crippen LogP contribution >= 0.6 is 0 Å². The Bertz CT molecular complexity index is 1010. The molecule has 3 fully saturated rings. The third-order valence-electron chi connectivity index (χ3n) is 9.17. The maximum atomic E-state index is 11.8. The summed E-state index contributed by atoms with van der Waals surface area (Å²) in [6, 6.07) is 10.2. The third-order valence-corrected chi connectivity index (χ3v) is 9.17. The van der Waals surface area contributed by atoms with Gasteiger partial charge in [-0.05, 0) is 70.9 Å². The highest BCUT2D eigenvalue weighted by Gasteiger charge is 2.52. The van der Waals surface area contributed by atoms with Crippen molar-refractivity contribution < 1.29 is 14.4 Å². The molecule has 5 heteroatoms. The molecule has 5 nitrogen and oxygen atoms in total. The first kappa shape index (κ1) is 33.7. The van der Waals surface area contributed by atoms with E-state index in [1.54, 1.807) is 6.92 Å². The average Bonchev–Trinajstić information content (AvgIpc) is 2.93. The maximum Gasteiger partial charge on any atom is 0.158 e. The van der Waals surface area contributed by atoms with E-state index in [2.05, 4.69) is 56.3 Å². The molecule has 3 aliphatic heterocycles. The van der Waals surface area contributed by atoms with Gasteiger partial charge in [0.25, 0.3) is 0 Å². The van der Waals surface area contributed by atoms with E-state index in [1.807, 2.05) is 31.2 Å². The number of nitrogens with zero attached hydrogens (tertiary/aromatic N) is 1. The Kier molecular flexibility index (Phi) is 13.0. The van der Waals surface area contributed by atoms with Crippen molar-refractivity contribution in [2.75, 3.05) is 13.1 Å². The highest BCUT2D eigenvalue weighted by atomic mass is 16.1. The van der Waals surface area contributed by atoms with E-state index in [-0.39, 0.29) is 22.3 Å². The number of hydrogen-bond donors (Lipinski definition) is 1. The van der Waals surface area contributed by atoms with Crippen molar-refractivity contribution in [1.29, 1.82) is 0 Å². The Labute approximate surface area is 243 Å². The number of carbonyl (C=O) groups excluding carboxylic acids is 3. The van der Waals surface area contributed by atoms with Gasteiger partial charge < -0.3 is 10.2 Å². The van der Waals surface area contributed by atoms with E-state index >= 15 is 0 Å². The molecular weight excluding hydrogens is 496 g/mol. The zero-order valence-corrected chi connectivity index (χ0v) is 25.9. The Morgan fingerprint density at radius 1 is 1.05 bits per heavy atom. The van der Waals surface area contributed by atoms with Crippen LogP contribution in [0.25, 0.3) is 0 Å². The molecule has 1 aromatic carbocycles. The second-order valence-electron chi connectivity index (χ2n) is 12.1. The molecule has 40 heavy (non-hydrogen) atoms. The van der Waals surface area contributed by atoms with Gasteiger partial charge in [-0.1, -0.05) is 76.6 Å². The number of fused-ring (bicyclic) bond motifs is 1. The van der Waals surface area contributed by atoms with Gasteiger partial charge in [0.15, 0.2) is 11.6 Å². The fourth-order valence-electron chi connectivity index (χ4n) is 6.60. The SMILES string of the molecule is C=C1C[C@]2(CCC)C(=O)CCCN12.C=CC[C@@](CC)(Cc1ccccc1)C(C)=O.CCC[C@]1(C)NCCCC1=O. The Morgan fingerprint density at radius 2 is 1.70 bits per heavy atom. The predicted octanol–water partition coefficient (Wildman–Crippen LogP) is 7.40. The van der Waals surface area contributed by atoms with Gasteiger partial charge >= 0.3 is 0 Å². The summed E-state index contributed by atoms with van der Waals surface area (Å²) in [4.78, 5) is 37.4. The number of benzene rings is 1. The largest absolute Gasteiger partial charge is 0.362 e. The number of rotatable bonds is 10. The molecule has 3 heterocycles. The Balaban J connectivity index is 0.000000214. The number of nitrogens with one attached hydrogen (secondary N) is 1. The summed E-state index contributed by atoms with van der Waals surface area (Å²) in [6.45, 7) is 19.9. The van der Waals surface area contributed by atoms with Crippen LogP contribution in [0.2, 0.25) is 0 Å². The van der Waals surface area contributed by atoms with E-state index in [4.69, 9.17) is 0 Å². The lowest BCUT2D eigenvalue weighted by molar-refractivity contribution is -0.140. The monoisotopic (exact) mass is 550 g/mol. The van der Waals surface area contributed by atoms with Crippen LogP contribution in [0.4, 0.5) is 0 Å². The Morgan fingerprint density at radius 3 is 2.23 bits per heavy atom. The lowest BCUT2D eigenvalue weighted by atomic mass is 9.71. The molecule has 4 rings (SSSR count). The van der Waals surface area contributed by atoms with Crippen molar-refractivity contribution >= 4 is 17.3 Å². The second-order valence-corrected chi connectivity index (χ2v) is 12.1. The van der Waals surface area contributed by atoms with Gasteiger partial charge in [0, 0.05) is 36.9 Å². The minimum Gasteiger partial charge on any atom is -0.362 e. The van der Waals surface area contributed by atoms with Crippen LogP contribution in [0.1, 0.15) is 111 Å². The van der Waals surface area contributed by atoms with E-state index in [9.17, 15) is 14.4 Å². The van der Waals surface area contributed by atoms with Crippen molar-refractivity contribution in [3.05, 3.63) is 60.8 Å². The van der Waals surface area contributed by atoms with Crippen LogP contribution in [0.3, 0.4) is 0 Å². The van der Waals surface area contributed by atoms with E-state index in [1.165, 1.54) is 11.3 Å². The number of ketones is 3. The molecule has 0 aliphatic carbocycles. The molecule has 0 radical (unpaired) electrons. The first-order chi connectivity index (χ1) is 19.0. The van der Waals surface area contributed by atoms with Gasteiger partial charge in [0.2, 0.25) is 0 Å². The van der Waals surface area contributed by atoms with E-state index < -0.39 is 0 Å². The summed E-state index contributed by atoms with van der Waals surface area (Å²) in [5, 5.41) is 3.30. The number of Topliss-reactive ketones (excluding diaryl/α,β-unsaturated/α-hetero) is 3. The molecule has 3 saturated heterocycles. The fraction of sp³-hybridized carbons (Fsp3) is 0.629. The van der Waals surface area contributed by atoms with Gasteiger partial charge in [-0.15, -0.1) is 6.58 Å². The second kappa shape index (κ2) is 15.5. The number of piperidine rings is 2. The lowest BCUT2D eigenvalue weighted by Gasteiger charge is -2.57. The summed E-state index contributed by atoms with van der Waals surface area (Å²) in [5.41, 5.74) is 1.82. The van der Waals surface area contributed by atoms with Crippen molar-refractivity contribution in [1.82, 2.24) is 10.2 Å². The normalized spacial score (nSPS) is 25.2.